The summed E-state index contributed by atoms with van der Waals surface area (Å²) in [6.45, 7) is 3.05. The van der Waals surface area contributed by atoms with E-state index in [0.717, 1.165) is 30.6 Å². The smallest absolute Gasteiger partial charge is 0.330 e. The van der Waals surface area contributed by atoms with Crippen LogP contribution in [-0.4, -0.2) is 47.3 Å². The molecule has 1 fully saturated rings. The molecule has 1 aromatic carbocycles. The Morgan fingerprint density at radius 2 is 1.64 bits per heavy atom. The fraction of sp³-hybridized carbons (Fsp3) is 0.524. The fourth-order valence-electron chi connectivity index (χ4n) is 3.87. The molecule has 3 amide bonds. The standard InChI is InChI=1S/C21H26N2O5/c1-13(2)18(23-19(25)15-10-6-7-11-16(15)20(23)26)21(27)28-12-17(24)22-14-8-4-3-5-9-14/h6-7,10-11,13-14,18H,3-5,8-9,12H2,1-2H3,(H,22,24). The number of nitrogens with one attached hydrogen (secondary N) is 1. The molecule has 1 unspecified atom stereocenters. The van der Waals surface area contributed by atoms with Gasteiger partial charge in [-0.2, -0.15) is 0 Å². The van der Waals surface area contributed by atoms with Crippen LogP contribution in [0.4, 0.5) is 0 Å². The maximum absolute atomic E-state index is 12.7. The molecule has 0 bridgehead atoms. The van der Waals surface area contributed by atoms with Crippen LogP contribution >= 0.6 is 0 Å². The third-order valence-corrected chi connectivity index (χ3v) is 5.29. The first-order valence-corrected chi connectivity index (χ1v) is 9.83. The molecule has 7 nitrogen and oxygen atoms in total. The Morgan fingerprint density at radius 1 is 1.07 bits per heavy atom. The van der Waals surface area contributed by atoms with Crippen molar-refractivity contribution in [2.45, 2.75) is 58.0 Å². The van der Waals surface area contributed by atoms with Crippen molar-refractivity contribution < 1.29 is 23.9 Å². The van der Waals surface area contributed by atoms with Gasteiger partial charge in [0.15, 0.2) is 6.61 Å². The molecule has 7 heteroatoms. The largest absolute Gasteiger partial charge is 0.454 e. The predicted octanol–water partition coefficient (Wildman–Crippen LogP) is 2.30. The normalized spacial score (nSPS) is 18.2. The highest BCUT2D eigenvalue weighted by molar-refractivity contribution is 6.22. The van der Waals surface area contributed by atoms with Crippen molar-refractivity contribution in [2.24, 2.45) is 5.92 Å². The number of esters is 1. The van der Waals surface area contributed by atoms with Crippen molar-refractivity contribution in [3.63, 3.8) is 0 Å². The van der Waals surface area contributed by atoms with Crippen molar-refractivity contribution in [1.82, 2.24) is 10.2 Å². The summed E-state index contributed by atoms with van der Waals surface area (Å²) < 4.78 is 5.18. The summed E-state index contributed by atoms with van der Waals surface area (Å²) in [5.41, 5.74) is 0.557. The second kappa shape index (κ2) is 8.54. The SMILES string of the molecule is CC(C)C(C(=O)OCC(=O)NC1CCCCC1)N1C(=O)c2ccccc2C1=O. The van der Waals surface area contributed by atoms with E-state index in [1.165, 1.54) is 6.42 Å². The molecule has 1 aliphatic heterocycles. The monoisotopic (exact) mass is 386 g/mol. The van der Waals surface area contributed by atoms with Crippen LogP contribution in [0.1, 0.15) is 66.7 Å². The lowest BCUT2D eigenvalue weighted by Gasteiger charge is -2.27. The van der Waals surface area contributed by atoms with Crippen LogP contribution in [0.25, 0.3) is 0 Å². The Kier molecular flexibility index (Phi) is 6.11. The summed E-state index contributed by atoms with van der Waals surface area (Å²) in [5, 5.41) is 2.88. The zero-order valence-electron chi connectivity index (χ0n) is 16.3. The van der Waals surface area contributed by atoms with Gasteiger partial charge in [0.05, 0.1) is 11.1 Å². The first-order chi connectivity index (χ1) is 13.4. The molecule has 0 aromatic heterocycles. The van der Waals surface area contributed by atoms with Crippen molar-refractivity contribution in [3.8, 4) is 0 Å². The number of hydrogen-bond donors (Lipinski definition) is 1. The van der Waals surface area contributed by atoms with Crippen LogP contribution in [0.3, 0.4) is 0 Å². The molecule has 1 N–H and O–H groups in total. The second-order valence-corrected chi connectivity index (χ2v) is 7.72. The molecule has 0 radical (unpaired) electrons. The number of amides is 3. The molecule has 1 saturated carbocycles. The van der Waals surface area contributed by atoms with Gasteiger partial charge in [-0.3, -0.25) is 19.3 Å². The average Bonchev–Trinajstić information content (AvgIpc) is 2.93. The van der Waals surface area contributed by atoms with E-state index in [-0.39, 0.29) is 29.0 Å². The van der Waals surface area contributed by atoms with E-state index in [0.29, 0.717) is 0 Å². The minimum absolute atomic E-state index is 0.122. The Labute approximate surface area is 164 Å². The van der Waals surface area contributed by atoms with Crippen LogP contribution in [0, 0.1) is 5.92 Å². The highest BCUT2D eigenvalue weighted by Gasteiger charge is 2.44. The molecule has 1 atom stereocenters. The molecule has 1 heterocycles. The Bertz CT molecular complexity index is 748. The molecule has 1 aliphatic carbocycles. The maximum Gasteiger partial charge on any atom is 0.330 e. The number of hydrogen-bond acceptors (Lipinski definition) is 5. The Hall–Kier alpha value is -2.70. The quantitative estimate of drug-likeness (QED) is 0.598. The summed E-state index contributed by atoms with van der Waals surface area (Å²) in [7, 11) is 0. The highest BCUT2D eigenvalue weighted by atomic mass is 16.5. The first-order valence-electron chi connectivity index (χ1n) is 9.83. The van der Waals surface area contributed by atoms with Gasteiger partial charge >= 0.3 is 5.97 Å². The Balaban J connectivity index is 1.64. The van der Waals surface area contributed by atoms with Crippen LogP contribution in [0.5, 0.6) is 0 Å². The molecule has 0 spiro atoms. The molecule has 150 valence electrons. The van der Waals surface area contributed by atoms with Crippen LogP contribution in [-0.2, 0) is 14.3 Å². The van der Waals surface area contributed by atoms with Gasteiger partial charge in [-0.05, 0) is 30.9 Å². The molecule has 3 rings (SSSR count). The van der Waals surface area contributed by atoms with E-state index in [2.05, 4.69) is 5.32 Å². The number of rotatable bonds is 6. The van der Waals surface area contributed by atoms with E-state index in [1.54, 1.807) is 38.1 Å². The number of imide groups is 1. The zero-order chi connectivity index (χ0) is 20.3. The summed E-state index contributed by atoms with van der Waals surface area (Å²) >= 11 is 0. The van der Waals surface area contributed by atoms with Gasteiger partial charge in [-0.25, -0.2) is 4.79 Å². The summed E-state index contributed by atoms with van der Waals surface area (Å²) in [6, 6.07) is 5.52. The molecule has 0 saturated heterocycles. The van der Waals surface area contributed by atoms with Gasteiger partial charge in [0, 0.05) is 6.04 Å². The van der Waals surface area contributed by atoms with E-state index in [1.807, 2.05) is 0 Å². The molecule has 1 aromatic rings. The van der Waals surface area contributed by atoms with Crippen molar-refractivity contribution in [3.05, 3.63) is 35.4 Å². The number of carbonyl (C=O) groups excluding carboxylic acids is 4. The number of fused-ring (bicyclic) bond motifs is 1. The molecular formula is C21H26N2O5. The minimum atomic E-state index is -1.07. The number of carbonyl (C=O) groups is 4. The molecule has 28 heavy (non-hydrogen) atoms. The van der Waals surface area contributed by atoms with Gasteiger partial charge < -0.3 is 10.1 Å². The lowest BCUT2D eigenvalue weighted by atomic mass is 9.95. The van der Waals surface area contributed by atoms with Gasteiger partial charge in [-0.1, -0.05) is 45.2 Å². The number of benzene rings is 1. The van der Waals surface area contributed by atoms with Gasteiger partial charge in [0.25, 0.3) is 17.7 Å². The summed E-state index contributed by atoms with van der Waals surface area (Å²) in [6.07, 6.45) is 5.21. The van der Waals surface area contributed by atoms with Gasteiger partial charge in [0.1, 0.15) is 6.04 Å². The molecule has 2 aliphatic rings. The third-order valence-electron chi connectivity index (χ3n) is 5.29. The third kappa shape index (κ3) is 4.08. The zero-order valence-corrected chi connectivity index (χ0v) is 16.3. The summed E-state index contributed by atoms with van der Waals surface area (Å²) in [4.78, 5) is 51.1. The van der Waals surface area contributed by atoms with E-state index in [9.17, 15) is 19.2 Å². The number of ether oxygens (including phenoxy) is 1. The van der Waals surface area contributed by atoms with Gasteiger partial charge in [0.2, 0.25) is 0 Å². The first kappa shape index (κ1) is 20.0. The van der Waals surface area contributed by atoms with Crippen molar-refractivity contribution in [2.75, 3.05) is 6.61 Å². The van der Waals surface area contributed by atoms with Gasteiger partial charge in [-0.15, -0.1) is 0 Å². The minimum Gasteiger partial charge on any atom is -0.454 e. The highest BCUT2D eigenvalue weighted by Crippen LogP contribution is 2.27. The predicted molar refractivity (Wildman–Crippen MR) is 102 cm³/mol. The van der Waals surface area contributed by atoms with E-state index in [4.69, 9.17) is 4.74 Å². The fourth-order valence-corrected chi connectivity index (χ4v) is 3.87. The van der Waals surface area contributed by atoms with E-state index >= 15 is 0 Å². The summed E-state index contributed by atoms with van der Waals surface area (Å²) in [5.74, 6) is -2.48. The van der Waals surface area contributed by atoms with Crippen LogP contribution < -0.4 is 5.32 Å². The lowest BCUT2D eigenvalue weighted by Crippen LogP contribution is -2.49. The molecular weight excluding hydrogens is 360 g/mol. The van der Waals surface area contributed by atoms with Crippen molar-refractivity contribution >= 4 is 23.7 Å². The Morgan fingerprint density at radius 3 is 2.18 bits per heavy atom. The average molecular weight is 386 g/mol. The van der Waals surface area contributed by atoms with Crippen LogP contribution in [0.2, 0.25) is 0 Å². The number of nitrogens with zero attached hydrogens (tertiary/aromatic N) is 1. The van der Waals surface area contributed by atoms with E-state index < -0.39 is 30.4 Å². The maximum atomic E-state index is 12.7. The topological polar surface area (TPSA) is 92.8 Å². The lowest BCUT2D eigenvalue weighted by molar-refractivity contribution is -0.153. The van der Waals surface area contributed by atoms with Crippen LogP contribution in [0.15, 0.2) is 24.3 Å². The van der Waals surface area contributed by atoms with Crippen molar-refractivity contribution in [1.29, 1.82) is 0 Å². The second-order valence-electron chi connectivity index (χ2n) is 7.72.